The van der Waals surface area contributed by atoms with E-state index in [1.807, 2.05) is 12.1 Å². The van der Waals surface area contributed by atoms with Gasteiger partial charge in [0.25, 0.3) is 11.8 Å². The largest absolute Gasteiger partial charge is 0.385 e. The van der Waals surface area contributed by atoms with Crippen molar-refractivity contribution in [3.05, 3.63) is 102 Å². The van der Waals surface area contributed by atoms with Crippen molar-refractivity contribution in [2.45, 2.75) is 131 Å². The van der Waals surface area contributed by atoms with E-state index in [9.17, 15) is 47.5 Å². The van der Waals surface area contributed by atoms with E-state index in [-0.39, 0.29) is 55.0 Å². The lowest BCUT2D eigenvalue weighted by Crippen LogP contribution is -2.18. The molecule has 2 heterocycles. The Labute approximate surface area is 379 Å². The van der Waals surface area contributed by atoms with E-state index in [4.69, 9.17) is 10.3 Å². The molecule has 20 heteroatoms. The summed E-state index contributed by atoms with van der Waals surface area (Å²) in [5, 5.41) is 52.5. The van der Waals surface area contributed by atoms with Gasteiger partial charge in [-0.2, -0.15) is 10.5 Å². The molecule has 1 aliphatic carbocycles. The second-order valence-corrected chi connectivity index (χ2v) is 23.9. The van der Waals surface area contributed by atoms with Crippen LogP contribution in [0, 0.1) is 51.8 Å². The summed E-state index contributed by atoms with van der Waals surface area (Å²) in [6.07, 6.45) is -0.388. The second-order valence-electron chi connectivity index (χ2n) is 17.8. The number of rotatable bonds is 14. The van der Waals surface area contributed by atoms with Crippen molar-refractivity contribution >= 4 is 54.3 Å². The quantitative estimate of drug-likeness (QED) is 0.0888. The summed E-state index contributed by atoms with van der Waals surface area (Å²) in [7, 11) is -8.32. The third-order valence-corrected chi connectivity index (χ3v) is 17.7. The smallest absolute Gasteiger partial charge is 0.259 e. The van der Waals surface area contributed by atoms with Gasteiger partial charge in [-0.15, -0.1) is 31.4 Å². The number of aliphatic hydroxyl groups is 2. The molecule has 2 amide bonds. The molecule has 5 rings (SSSR count). The zero-order chi connectivity index (χ0) is 48.2. The first kappa shape index (κ1) is 50.6. The third-order valence-electron chi connectivity index (χ3n) is 11.0. The van der Waals surface area contributed by atoms with Crippen LogP contribution in [0.1, 0.15) is 153 Å². The molecule has 2 aromatic heterocycles. The normalized spacial score (nSPS) is 17.6. The molecule has 2 aromatic carbocycles. The van der Waals surface area contributed by atoms with E-state index in [0.29, 0.717) is 46.6 Å². The summed E-state index contributed by atoms with van der Waals surface area (Å²) in [5.74, 6) is -8.00. The van der Waals surface area contributed by atoms with Crippen molar-refractivity contribution in [2.24, 2.45) is 24.9 Å². The van der Waals surface area contributed by atoms with Gasteiger partial charge in [0, 0.05) is 9.75 Å². The highest BCUT2D eigenvalue weighted by Crippen LogP contribution is 2.55. The summed E-state index contributed by atoms with van der Waals surface area (Å²) in [6, 6.07) is 8.35. The number of hydrogen-bond acceptors (Lipinski definition) is 10. The Balaban J connectivity index is 1.52. The first-order chi connectivity index (χ1) is 29.4. The molecule has 4 aromatic rings. The van der Waals surface area contributed by atoms with Crippen molar-refractivity contribution in [1.82, 2.24) is 0 Å². The molecule has 6 N–H and O–H groups in total. The van der Waals surface area contributed by atoms with Gasteiger partial charge < -0.3 is 10.2 Å². The summed E-state index contributed by atoms with van der Waals surface area (Å²) in [4.78, 5) is 27.4. The minimum Gasteiger partial charge on any atom is -0.385 e. The number of halogens is 4. The molecule has 0 spiro atoms. The molecule has 12 nitrogen and oxygen atoms in total. The number of carbonyl (C=O) groups is 2. The summed E-state index contributed by atoms with van der Waals surface area (Å²) in [5.41, 5.74) is -2.22. The molecule has 64 heavy (non-hydrogen) atoms. The van der Waals surface area contributed by atoms with Gasteiger partial charge >= 0.3 is 0 Å². The average molecular weight is 963 g/mol. The maximum absolute atomic E-state index is 16.0. The zero-order valence-corrected chi connectivity index (χ0v) is 39.9. The van der Waals surface area contributed by atoms with Gasteiger partial charge in [-0.25, -0.2) is 36.3 Å². The maximum Gasteiger partial charge on any atom is 0.259 e. The highest BCUT2D eigenvalue weighted by Gasteiger charge is 2.43. The van der Waals surface area contributed by atoms with Crippen molar-refractivity contribution in [3.8, 4) is 12.1 Å². The Bertz CT molecular complexity index is 2900. The topological polar surface area (TPSA) is 233 Å². The van der Waals surface area contributed by atoms with Crippen molar-refractivity contribution in [1.29, 1.82) is 10.5 Å². The molecule has 0 radical (unpaired) electrons. The first-order valence-electron chi connectivity index (χ1n) is 20.1. The van der Waals surface area contributed by atoms with Crippen molar-refractivity contribution in [2.75, 3.05) is 0 Å². The number of benzene rings is 2. The highest BCUT2D eigenvalue weighted by molar-refractivity contribution is 7.94. The van der Waals surface area contributed by atoms with Crippen LogP contribution < -0.4 is 10.3 Å². The molecule has 5 atom stereocenters. The minimum atomic E-state index is -4.16. The van der Waals surface area contributed by atoms with Gasteiger partial charge in [-0.3, -0.25) is 9.59 Å². The standard InChI is InChI=1S/C44H50F4N6O6S4/c1-20(2)37-29(14-35(55)53-63(51,59)41-31(45)16-33(61-41)43(6,7)57)26(12-24(18-49)39(37)47)22(5)10-23-11-27(23)28-13-25(19-50)40(48)38(21(3)4)30(28)15-36(56)54-64(52,60)42-32(46)17-34(62-42)44(8,9)58/h12-13,16-17,20-23,27,57-58H,10-11,14-15H2,1-9H3,(H2,51,53,55,59)(H2,52,54,56,60). The Morgan fingerprint density at radius 1 is 0.766 bits per heavy atom. The predicted octanol–water partition coefficient (Wildman–Crippen LogP) is 9.05. The summed E-state index contributed by atoms with van der Waals surface area (Å²) < 4.78 is 95.2. The Morgan fingerprint density at radius 2 is 1.17 bits per heavy atom. The molecule has 0 aliphatic heterocycles. The third kappa shape index (κ3) is 10.7. The van der Waals surface area contributed by atoms with Crippen LogP contribution in [-0.4, -0.2) is 30.4 Å². The number of nitrogens with two attached hydrogens (primary N) is 2. The zero-order valence-electron chi connectivity index (χ0n) is 36.6. The van der Waals surface area contributed by atoms with Crippen LogP contribution in [-0.2, 0) is 53.5 Å². The second kappa shape index (κ2) is 18.5. The van der Waals surface area contributed by atoms with Crippen LogP contribution in [0.3, 0.4) is 0 Å². The molecular formula is C44H50F4N6O6S4. The summed E-state index contributed by atoms with van der Waals surface area (Å²) >= 11 is 1.20. The molecule has 344 valence electrons. The van der Waals surface area contributed by atoms with Gasteiger partial charge in [0.15, 0.2) is 39.9 Å². The summed E-state index contributed by atoms with van der Waals surface area (Å²) in [6.45, 7) is 14.0. The predicted molar refractivity (Wildman–Crippen MR) is 237 cm³/mol. The average Bonchev–Trinajstić information content (AvgIpc) is 3.55. The van der Waals surface area contributed by atoms with Crippen molar-refractivity contribution in [3.63, 3.8) is 0 Å². The van der Waals surface area contributed by atoms with E-state index in [1.54, 1.807) is 34.6 Å². The fraction of sp³-hybridized carbons (Fsp3) is 0.455. The van der Waals surface area contributed by atoms with Crippen molar-refractivity contribution < 1.29 is 45.8 Å². The number of amides is 2. The lowest BCUT2D eigenvalue weighted by Gasteiger charge is -2.23. The molecular weight excluding hydrogens is 913 g/mol. The van der Waals surface area contributed by atoms with Crippen LogP contribution in [0.5, 0.6) is 0 Å². The molecule has 0 saturated heterocycles. The highest BCUT2D eigenvalue weighted by atomic mass is 32.2. The SMILES string of the molecule is CC(C)c1c(F)c(C#N)cc(C(C)CC2CC2c2cc(C#N)c(F)c(C(C)C)c2CC(=O)N=S(N)(=O)c2sc(C(C)(C)O)cc2F)c1CC(=O)N=S(N)(=O)c1sc(C(C)(C)O)cc1F. The lowest BCUT2D eigenvalue weighted by molar-refractivity contribution is -0.117. The molecule has 1 aliphatic rings. The van der Waals surface area contributed by atoms with E-state index in [2.05, 4.69) is 8.73 Å². The Hall–Kier alpha value is -4.38. The molecule has 1 saturated carbocycles. The number of nitriles is 2. The van der Waals surface area contributed by atoms with E-state index in [0.717, 1.165) is 12.1 Å². The maximum atomic E-state index is 16.0. The van der Waals surface area contributed by atoms with Gasteiger partial charge in [-0.05, 0) is 128 Å². The minimum absolute atomic E-state index is 0.0467. The van der Waals surface area contributed by atoms with Gasteiger partial charge in [0.1, 0.15) is 23.8 Å². The number of thiophene rings is 2. The van der Waals surface area contributed by atoms with Crippen LogP contribution >= 0.6 is 22.7 Å². The van der Waals surface area contributed by atoms with E-state index in [1.165, 1.54) is 39.8 Å². The lowest BCUT2D eigenvalue weighted by atomic mass is 9.82. The van der Waals surface area contributed by atoms with Crippen LogP contribution in [0.2, 0.25) is 0 Å². The van der Waals surface area contributed by atoms with Crippen LogP contribution in [0.25, 0.3) is 0 Å². The molecule has 1 fully saturated rings. The van der Waals surface area contributed by atoms with E-state index < -0.39 is 105 Å². The monoisotopic (exact) mass is 962 g/mol. The number of nitrogens with zero attached hydrogens (tertiary/aromatic N) is 4. The molecule has 0 bridgehead atoms. The van der Waals surface area contributed by atoms with Gasteiger partial charge in [0.05, 0.1) is 35.2 Å². The Morgan fingerprint density at radius 3 is 1.56 bits per heavy atom. The van der Waals surface area contributed by atoms with Crippen LogP contribution in [0.4, 0.5) is 17.6 Å². The fourth-order valence-corrected chi connectivity index (χ4v) is 12.8. The Kier molecular flexibility index (Phi) is 14.6. The van der Waals surface area contributed by atoms with Gasteiger partial charge in [-0.1, -0.05) is 34.6 Å². The van der Waals surface area contributed by atoms with Gasteiger partial charge in [0.2, 0.25) is 0 Å². The first-order valence-corrected chi connectivity index (χ1v) is 24.9. The van der Waals surface area contributed by atoms with E-state index >= 15 is 8.78 Å². The fourth-order valence-electron chi connectivity index (χ4n) is 7.94. The number of hydrogen-bond donors (Lipinski definition) is 4. The van der Waals surface area contributed by atoms with Crippen LogP contribution in [0.15, 0.2) is 41.4 Å². The number of carbonyl (C=O) groups excluding carboxylic acids is 2. The molecule has 5 unspecified atom stereocenters.